The predicted octanol–water partition coefficient (Wildman–Crippen LogP) is 4.32. The molecule has 0 aliphatic carbocycles. The molecule has 1 unspecified atom stereocenters. The molecule has 19 heavy (non-hydrogen) atoms. The first-order valence-electron chi connectivity index (χ1n) is 6.90. The summed E-state index contributed by atoms with van der Waals surface area (Å²) in [6, 6.07) is 0. The Morgan fingerprint density at radius 3 is 2.05 bits per heavy atom. The maximum Gasteiger partial charge on any atom is 0.192 e. The Bertz CT molecular complexity index is 340. The minimum atomic E-state index is -1.72. The van der Waals surface area contributed by atoms with E-state index in [9.17, 15) is 4.21 Å². The highest BCUT2D eigenvalue weighted by Crippen LogP contribution is 2.37. The molecule has 0 aromatic heterocycles. The van der Waals surface area contributed by atoms with E-state index in [0.29, 0.717) is 6.42 Å². The van der Waals surface area contributed by atoms with Gasteiger partial charge in [0.1, 0.15) is 11.0 Å². The molecule has 0 saturated heterocycles. The zero-order chi connectivity index (χ0) is 15.5. The zero-order valence-electron chi connectivity index (χ0n) is 14.0. The molecule has 3 nitrogen and oxygen atoms in total. The normalized spacial score (nSPS) is 17.7. The van der Waals surface area contributed by atoms with Crippen LogP contribution < -0.4 is 0 Å². The van der Waals surface area contributed by atoms with Gasteiger partial charge in [-0.05, 0) is 45.8 Å². The van der Waals surface area contributed by atoms with Crippen molar-refractivity contribution in [3.63, 3.8) is 0 Å². The summed E-state index contributed by atoms with van der Waals surface area (Å²) < 4.78 is 21.8. The zero-order valence-corrected chi connectivity index (χ0v) is 15.9. The van der Waals surface area contributed by atoms with Gasteiger partial charge in [0.25, 0.3) is 0 Å². The van der Waals surface area contributed by atoms with E-state index in [1.54, 1.807) is 6.21 Å². The summed E-state index contributed by atoms with van der Waals surface area (Å²) >= 11 is 0. The molecular formula is C14H31NO2SSi. The highest BCUT2D eigenvalue weighted by atomic mass is 32.2. The SMILES string of the molecule is CC(C/C=N/[S@](=O)C(C)(C)C)O[Si](C)(C)C(C)(C)C. The third kappa shape index (κ3) is 6.81. The fraction of sp³-hybridized carbons (Fsp3) is 0.929. The highest BCUT2D eigenvalue weighted by molar-refractivity contribution is 7.85. The summed E-state index contributed by atoms with van der Waals surface area (Å²) in [6.45, 7) is 19.0. The summed E-state index contributed by atoms with van der Waals surface area (Å²) in [4.78, 5) is 0. The lowest BCUT2D eigenvalue weighted by atomic mass is 10.2. The Morgan fingerprint density at radius 2 is 1.68 bits per heavy atom. The second kappa shape index (κ2) is 6.63. The van der Waals surface area contributed by atoms with Gasteiger partial charge < -0.3 is 4.43 Å². The van der Waals surface area contributed by atoms with Crippen molar-refractivity contribution in [1.82, 2.24) is 0 Å². The van der Waals surface area contributed by atoms with Gasteiger partial charge in [-0.2, -0.15) is 4.40 Å². The second-order valence-electron chi connectivity index (χ2n) is 7.57. The Balaban J connectivity index is 4.39. The van der Waals surface area contributed by atoms with Crippen LogP contribution in [-0.4, -0.2) is 29.6 Å². The van der Waals surface area contributed by atoms with Crippen LogP contribution >= 0.6 is 0 Å². The van der Waals surface area contributed by atoms with E-state index < -0.39 is 19.3 Å². The van der Waals surface area contributed by atoms with Gasteiger partial charge in [0.05, 0.1) is 4.75 Å². The Labute approximate surface area is 123 Å². The van der Waals surface area contributed by atoms with E-state index in [0.717, 1.165) is 0 Å². The first-order valence-corrected chi connectivity index (χ1v) is 10.9. The summed E-state index contributed by atoms with van der Waals surface area (Å²) in [6.07, 6.45) is 2.59. The van der Waals surface area contributed by atoms with Crippen molar-refractivity contribution in [2.24, 2.45) is 4.40 Å². The minimum Gasteiger partial charge on any atom is -0.414 e. The van der Waals surface area contributed by atoms with Crippen molar-refractivity contribution in [1.29, 1.82) is 0 Å². The molecule has 0 aliphatic heterocycles. The van der Waals surface area contributed by atoms with Gasteiger partial charge in [0.15, 0.2) is 8.32 Å². The van der Waals surface area contributed by atoms with E-state index in [-0.39, 0.29) is 15.9 Å². The summed E-state index contributed by atoms with van der Waals surface area (Å²) in [5.74, 6) is 0. The van der Waals surface area contributed by atoms with Gasteiger partial charge in [0.2, 0.25) is 0 Å². The van der Waals surface area contributed by atoms with Crippen molar-refractivity contribution >= 4 is 25.5 Å². The molecule has 0 aliphatic rings. The minimum absolute atomic E-state index is 0.126. The molecule has 114 valence electrons. The standard InChI is InChI=1S/C14H31NO2SSi/c1-12(17-19(8,9)14(5,6)7)10-11-15-18(16)13(2,3)4/h11-12H,10H2,1-9H3/b15-11+/t12?,18-/m1/s1. The predicted molar refractivity (Wildman–Crippen MR) is 88.7 cm³/mol. The van der Waals surface area contributed by atoms with Crippen LogP contribution in [0.15, 0.2) is 4.40 Å². The number of rotatable bonds is 5. The smallest absolute Gasteiger partial charge is 0.192 e. The highest BCUT2D eigenvalue weighted by Gasteiger charge is 2.38. The van der Waals surface area contributed by atoms with E-state index in [2.05, 4.69) is 45.2 Å². The molecular weight excluding hydrogens is 274 g/mol. The van der Waals surface area contributed by atoms with Crippen LogP contribution in [0.3, 0.4) is 0 Å². The molecule has 0 bridgehead atoms. The molecule has 0 heterocycles. The van der Waals surface area contributed by atoms with Crippen molar-refractivity contribution in [2.45, 2.75) is 83.9 Å². The maximum atomic E-state index is 11.8. The van der Waals surface area contributed by atoms with Crippen LogP contribution in [0.4, 0.5) is 0 Å². The average Bonchev–Trinajstić information content (AvgIpc) is 2.12. The number of hydrogen-bond acceptors (Lipinski definition) is 2. The number of nitrogens with zero attached hydrogens (tertiary/aromatic N) is 1. The molecule has 0 radical (unpaired) electrons. The van der Waals surface area contributed by atoms with Gasteiger partial charge in [0, 0.05) is 18.7 Å². The molecule has 0 amide bonds. The lowest BCUT2D eigenvalue weighted by Gasteiger charge is -2.38. The second-order valence-corrected chi connectivity index (χ2v) is 14.3. The van der Waals surface area contributed by atoms with Crippen molar-refractivity contribution in [2.75, 3.05) is 0 Å². The molecule has 0 aromatic rings. The number of hydrogen-bond donors (Lipinski definition) is 0. The fourth-order valence-corrected chi connectivity index (χ4v) is 3.14. The molecule has 0 rings (SSSR count). The van der Waals surface area contributed by atoms with Crippen molar-refractivity contribution < 1.29 is 8.63 Å². The largest absolute Gasteiger partial charge is 0.414 e. The van der Waals surface area contributed by atoms with Crippen LogP contribution in [0, 0.1) is 0 Å². The van der Waals surface area contributed by atoms with Gasteiger partial charge in [-0.15, -0.1) is 0 Å². The third-order valence-corrected chi connectivity index (χ3v) is 9.43. The first-order chi connectivity index (χ1) is 8.27. The molecule has 2 atom stereocenters. The van der Waals surface area contributed by atoms with Crippen LogP contribution in [0.2, 0.25) is 18.1 Å². The lowest BCUT2D eigenvalue weighted by Crippen LogP contribution is -2.43. The molecule has 0 N–H and O–H groups in total. The maximum absolute atomic E-state index is 11.8. The molecule has 5 heteroatoms. The lowest BCUT2D eigenvalue weighted by molar-refractivity contribution is 0.207. The van der Waals surface area contributed by atoms with E-state index in [4.69, 9.17) is 4.43 Å². The topological polar surface area (TPSA) is 38.7 Å². The Hall–Kier alpha value is -0.00312. The molecule has 0 fully saturated rings. The van der Waals surface area contributed by atoms with Crippen molar-refractivity contribution in [3.05, 3.63) is 0 Å². The van der Waals surface area contributed by atoms with E-state index >= 15 is 0 Å². The monoisotopic (exact) mass is 305 g/mol. The van der Waals surface area contributed by atoms with E-state index in [1.807, 2.05) is 20.8 Å². The first kappa shape index (κ1) is 19.0. The third-order valence-electron chi connectivity index (χ3n) is 3.43. The Kier molecular flexibility index (Phi) is 6.63. The molecule has 0 spiro atoms. The molecule has 0 saturated carbocycles. The van der Waals surface area contributed by atoms with Gasteiger partial charge >= 0.3 is 0 Å². The van der Waals surface area contributed by atoms with E-state index in [1.165, 1.54) is 0 Å². The van der Waals surface area contributed by atoms with Crippen LogP contribution in [0.1, 0.15) is 54.9 Å². The summed E-state index contributed by atoms with van der Waals surface area (Å²) in [5, 5.41) is 0.215. The van der Waals surface area contributed by atoms with Gasteiger partial charge in [-0.25, -0.2) is 4.21 Å². The fourth-order valence-electron chi connectivity index (χ4n) is 1.15. The van der Waals surface area contributed by atoms with Crippen LogP contribution in [0.25, 0.3) is 0 Å². The van der Waals surface area contributed by atoms with Crippen LogP contribution in [-0.2, 0) is 15.4 Å². The molecule has 0 aromatic carbocycles. The van der Waals surface area contributed by atoms with Gasteiger partial charge in [-0.3, -0.25) is 0 Å². The van der Waals surface area contributed by atoms with Crippen molar-refractivity contribution in [3.8, 4) is 0 Å². The quantitative estimate of drug-likeness (QED) is 0.560. The summed E-state index contributed by atoms with van der Waals surface area (Å²) in [7, 11) is -2.89. The summed E-state index contributed by atoms with van der Waals surface area (Å²) in [5.41, 5.74) is 0. The Morgan fingerprint density at radius 1 is 1.21 bits per heavy atom. The average molecular weight is 306 g/mol. The van der Waals surface area contributed by atoms with Gasteiger partial charge in [-0.1, -0.05) is 20.8 Å². The van der Waals surface area contributed by atoms with Crippen LogP contribution in [0.5, 0.6) is 0 Å².